The quantitative estimate of drug-likeness (QED) is 0.672. The number of carbonyl (C=O) groups excluding carboxylic acids is 3. The molecule has 1 aromatic rings. The van der Waals surface area contributed by atoms with Crippen molar-refractivity contribution < 1.29 is 23.9 Å². The zero-order chi connectivity index (χ0) is 17.6. The van der Waals surface area contributed by atoms with Crippen molar-refractivity contribution in [3.63, 3.8) is 0 Å². The van der Waals surface area contributed by atoms with E-state index >= 15 is 0 Å². The molecule has 0 aliphatic carbocycles. The number of imide groups is 1. The molecule has 0 aliphatic heterocycles. The van der Waals surface area contributed by atoms with Crippen molar-refractivity contribution in [1.29, 1.82) is 0 Å². The van der Waals surface area contributed by atoms with E-state index in [0.717, 1.165) is 18.1 Å². The van der Waals surface area contributed by atoms with Crippen LogP contribution in [0.4, 0.5) is 10.5 Å². The van der Waals surface area contributed by atoms with Crippen LogP contribution in [0.1, 0.15) is 19.4 Å². The van der Waals surface area contributed by atoms with Gasteiger partial charge in [0.1, 0.15) is 0 Å². The molecule has 7 nitrogen and oxygen atoms in total. The third-order valence-corrected chi connectivity index (χ3v) is 2.92. The molecule has 7 heteroatoms. The maximum Gasteiger partial charge on any atom is 0.421 e. The van der Waals surface area contributed by atoms with Gasteiger partial charge in [0, 0.05) is 11.8 Å². The van der Waals surface area contributed by atoms with Gasteiger partial charge in [0.05, 0.1) is 12.8 Å². The van der Waals surface area contributed by atoms with Crippen LogP contribution in [0.15, 0.2) is 36.0 Å². The average molecular weight is 320 g/mol. The van der Waals surface area contributed by atoms with Crippen LogP contribution in [0.5, 0.6) is 0 Å². The zero-order valence-corrected chi connectivity index (χ0v) is 13.5. The first-order valence-electron chi connectivity index (χ1n) is 6.89. The maximum atomic E-state index is 12.5. The normalized spacial score (nSPS) is 12.3. The fourth-order valence-corrected chi connectivity index (χ4v) is 1.84. The van der Waals surface area contributed by atoms with Crippen LogP contribution in [-0.2, 0) is 19.1 Å². The Kier molecular flexibility index (Phi) is 6.32. The molecule has 2 N–H and O–H groups in total. The van der Waals surface area contributed by atoms with E-state index < -0.39 is 24.1 Å². The summed E-state index contributed by atoms with van der Waals surface area (Å²) in [4.78, 5) is 36.9. The SMILES string of the molecule is COC(=O)N(C(=O)C(C)OC(=O)/C=C(\C)N)c1ccccc1C. The van der Waals surface area contributed by atoms with E-state index in [1.165, 1.54) is 13.8 Å². The summed E-state index contributed by atoms with van der Waals surface area (Å²) in [6, 6.07) is 6.80. The van der Waals surface area contributed by atoms with Crippen molar-refractivity contribution >= 4 is 23.7 Å². The molecule has 23 heavy (non-hydrogen) atoms. The predicted molar refractivity (Wildman–Crippen MR) is 84.6 cm³/mol. The standard InChI is InChI=1S/C16H20N2O5/c1-10-7-5-6-8-13(10)18(16(21)22-4)15(20)12(3)23-14(19)9-11(2)17/h5-9,12H,17H2,1-4H3/b11-9+. The number of hydrogen-bond acceptors (Lipinski definition) is 6. The monoisotopic (exact) mass is 320 g/mol. The molecular formula is C16H20N2O5. The van der Waals surface area contributed by atoms with E-state index in [1.807, 2.05) is 0 Å². The van der Waals surface area contributed by atoms with Crippen molar-refractivity contribution in [2.45, 2.75) is 26.9 Å². The number of carbonyl (C=O) groups is 3. The van der Waals surface area contributed by atoms with E-state index in [4.69, 9.17) is 10.5 Å². The summed E-state index contributed by atoms with van der Waals surface area (Å²) in [6.45, 7) is 4.63. The number of anilines is 1. The summed E-state index contributed by atoms with van der Waals surface area (Å²) in [7, 11) is 1.16. The molecule has 1 rings (SSSR count). The lowest BCUT2D eigenvalue weighted by Gasteiger charge is -2.23. The average Bonchev–Trinajstić information content (AvgIpc) is 2.47. The number of allylic oxidation sites excluding steroid dienone is 1. The summed E-state index contributed by atoms with van der Waals surface area (Å²) in [5.41, 5.74) is 6.68. The molecule has 1 atom stereocenters. The van der Waals surface area contributed by atoms with E-state index in [9.17, 15) is 14.4 Å². The van der Waals surface area contributed by atoms with Crippen LogP contribution in [0.2, 0.25) is 0 Å². The molecule has 124 valence electrons. The first kappa shape index (κ1) is 18.2. The summed E-state index contributed by atoms with van der Waals surface area (Å²) in [6.07, 6.45) is -0.991. The lowest BCUT2D eigenvalue weighted by Crippen LogP contribution is -2.44. The number of hydrogen-bond donors (Lipinski definition) is 1. The number of amides is 2. The topological polar surface area (TPSA) is 98.9 Å². The highest BCUT2D eigenvalue weighted by atomic mass is 16.6. The van der Waals surface area contributed by atoms with Gasteiger partial charge in [0.25, 0.3) is 5.91 Å². The molecule has 0 heterocycles. The Morgan fingerprint density at radius 3 is 2.39 bits per heavy atom. The number of ether oxygens (including phenoxy) is 2. The Hall–Kier alpha value is -2.83. The van der Waals surface area contributed by atoms with Gasteiger partial charge in [0.2, 0.25) is 0 Å². The summed E-state index contributed by atoms with van der Waals surface area (Å²) >= 11 is 0. The minimum Gasteiger partial charge on any atom is -0.452 e. The van der Waals surface area contributed by atoms with Gasteiger partial charge in [-0.15, -0.1) is 0 Å². The first-order valence-corrected chi connectivity index (χ1v) is 6.89. The number of nitrogens with zero attached hydrogens (tertiary/aromatic N) is 1. The van der Waals surface area contributed by atoms with Crippen molar-refractivity contribution in [2.24, 2.45) is 5.73 Å². The fourth-order valence-electron chi connectivity index (χ4n) is 1.84. The Balaban J connectivity index is 3.06. The highest BCUT2D eigenvalue weighted by Crippen LogP contribution is 2.21. The van der Waals surface area contributed by atoms with Gasteiger partial charge in [-0.05, 0) is 32.4 Å². The number of aryl methyl sites for hydroxylation is 1. The highest BCUT2D eigenvalue weighted by molar-refractivity contribution is 6.14. The molecule has 0 radical (unpaired) electrons. The number of esters is 1. The third-order valence-electron chi connectivity index (χ3n) is 2.92. The fraction of sp³-hybridized carbons (Fsp3) is 0.312. The lowest BCUT2D eigenvalue weighted by molar-refractivity contribution is -0.149. The van der Waals surface area contributed by atoms with Crippen LogP contribution in [-0.4, -0.2) is 31.2 Å². The van der Waals surface area contributed by atoms with Gasteiger partial charge in [-0.3, -0.25) is 4.79 Å². The van der Waals surface area contributed by atoms with Crippen molar-refractivity contribution in [3.05, 3.63) is 41.6 Å². The minimum atomic E-state index is -1.18. The van der Waals surface area contributed by atoms with Gasteiger partial charge in [0.15, 0.2) is 6.10 Å². The number of nitrogens with two attached hydrogens (primary N) is 1. The predicted octanol–water partition coefficient (Wildman–Crippen LogP) is 1.89. The van der Waals surface area contributed by atoms with Gasteiger partial charge < -0.3 is 15.2 Å². The van der Waals surface area contributed by atoms with Crippen molar-refractivity contribution in [3.8, 4) is 0 Å². The van der Waals surface area contributed by atoms with Crippen LogP contribution in [0.3, 0.4) is 0 Å². The Morgan fingerprint density at radius 2 is 1.87 bits per heavy atom. The third kappa shape index (κ3) is 4.84. The molecule has 1 aromatic carbocycles. The Bertz CT molecular complexity index is 635. The number of benzene rings is 1. The smallest absolute Gasteiger partial charge is 0.421 e. The Morgan fingerprint density at radius 1 is 1.26 bits per heavy atom. The molecular weight excluding hydrogens is 300 g/mol. The second-order valence-corrected chi connectivity index (χ2v) is 4.90. The van der Waals surface area contributed by atoms with Gasteiger partial charge in [-0.1, -0.05) is 18.2 Å². The summed E-state index contributed by atoms with van der Waals surface area (Å²) < 4.78 is 9.62. The van der Waals surface area contributed by atoms with Crippen LogP contribution in [0, 0.1) is 6.92 Å². The van der Waals surface area contributed by atoms with E-state index in [0.29, 0.717) is 11.3 Å². The van der Waals surface area contributed by atoms with E-state index in [2.05, 4.69) is 4.74 Å². The number of para-hydroxylation sites is 1. The summed E-state index contributed by atoms with van der Waals surface area (Å²) in [5, 5.41) is 0. The zero-order valence-electron chi connectivity index (χ0n) is 13.5. The molecule has 1 unspecified atom stereocenters. The molecule has 0 saturated heterocycles. The maximum absolute atomic E-state index is 12.5. The van der Waals surface area contributed by atoms with Gasteiger partial charge in [-0.2, -0.15) is 0 Å². The van der Waals surface area contributed by atoms with Crippen LogP contribution < -0.4 is 10.6 Å². The van der Waals surface area contributed by atoms with E-state index in [1.54, 1.807) is 31.2 Å². The number of methoxy groups -OCH3 is 1. The molecule has 2 amide bonds. The minimum absolute atomic E-state index is 0.248. The van der Waals surface area contributed by atoms with E-state index in [-0.39, 0.29) is 5.70 Å². The van der Waals surface area contributed by atoms with Crippen LogP contribution in [0.25, 0.3) is 0 Å². The molecule has 0 aromatic heterocycles. The highest BCUT2D eigenvalue weighted by Gasteiger charge is 2.31. The number of rotatable bonds is 4. The second kappa shape index (κ2) is 7.98. The van der Waals surface area contributed by atoms with Gasteiger partial charge in [-0.25, -0.2) is 14.5 Å². The van der Waals surface area contributed by atoms with Crippen LogP contribution >= 0.6 is 0 Å². The largest absolute Gasteiger partial charge is 0.452 e. The molecule has 0 aliphatic rings. The van der Waals surface area contributed by atoms with Gasteiger partial charge >= 0.3 is 12.1 Å². The lowest BCUT2D eigenvalue weighted by atomic mass is 10.1. The molecule has 0 saturated carbocycles. The van der Waals surface area contributed by atoms with Crippen molar-refractivity contribution in [1.82, 2.24) is 0 Å². The Labute approximate surface area is 134 Å². The first-order chi connectivity index (χ1) is 10.8. The molecule has 0 spiro atoms. The molecule has 0 bridgehead atoms. The second-order valence-electron chi connectivity index (χ2n) is 4.90. The summed E-state index contributed by atoms with van der Waals surface area (Å²) in [5.74, 6) is -1.48. The molecule has 0 fully saturated rings. The van der Waals surface area contributed by atoms with Crippen molar-refractivity contribution in [2.75, 3.05) is 12.0 Å².